The molecular weight excluding hydrogens is 284 g/mol. The maximum absolute atomic E-state index is 12.2. The van der Waals surface area contributed by atoms with Crippen LogP contribution >= 0.6 is 0 Å². The molecule has 1 saturated heterocycles. The van der Waals surface area contributed by atoms with Gasteiger partial charge >= 0.3 is 5.97 Å². The molecule has 0 radical (unpaired) electrons. The fraction of sp³-hybridized carbons (Fsp3) is 0.667. The number of unbranched alkanes of at least 4 members (excludes halogenated alkanes) is 1. The van der Waals surface area contributed by atoms with E-state index < -0.39 is 34.4 Å². The van der Waals surface area contributed by atoms with Gasteiger partial charge < -0.3 is 10.0 Å². The quantitative estimate of drug-likeness (QED) is 0.523. The zero-order valence-corrected chi connectivity index (χ0v) is 12.3. The summed E-state index contributed by atoms with van der Waals surface area (Å²) in [4.78, 5) is 24.6. The molecule has 0 aliphatic carbocycles. The number of carboxylic acids is 1. The third-order valence-electron chi connectivity index (χ3n) is 3.16. The molecule has 114 valence electrons. The molecule has 0 aromatic carbocycles. The van der Waals surface area contributed by atoms with Crippen molar-refractivity contribution in [2.75, 3.05) is 25.9 Å². The molecule has 1 rings (SSSR count). The summed E-state index contributed by atoms with van der Waals surface area (Å²) in [6.45, 7) is 4.50. The van der Waals surface area contributed by atoms with E-state index in [1.165, 1.54) is 4.90 Å². The van der Waals surface area contributed by atoms with Crippen LogP contribution in [0.2, 0.25) is 0 Å². The van der Waals surface area contributed by atoms with Gasteiger partial charge in [-0.2, -0.15) is 4.31 Å². The molecule has 0 aromatic heterocycles. The highest BCUT2D eigenvalue weighted by atomic mass is 32.2. The van der Waals surface area contributed by atoms with E-state index in [0.717, 1.165) is 23.4 Å². The Labute approximate surface area is 118 Å². The van der Waals surface area contributed by atoms with Crippen LogP contribution in [0.25, 0.3) is 0 Å². The molecule has 1 amide bonds. The van der Waals surface area contributed by atoms with Gasteiger partial charge in [0.2, 0.25) is 15.9 Å². The summed E-state index contributed by atoms with van der Waals surface area (Å²) in [7, 11) is -3.60. The summed E-state index contributed by atoms with van der Waals surface area (Å²) < 4.78 is 24.3. The third-order valence-corrected chi connectivity index (χ3v) is 4.45. The highest BCUT2D eigenvalue weighted by Crippen LogP contribution is 2.18. The van der Waals surface area contributed by atoms with Crippen LogP contribution < -0.4 is 0 Å². The molecule has 7 nitrogen and oxygen atoms in total. The highest BCUT2D eigenvalue weighted by Gasteiger charge is 2.40. The predicted molar refractivity (Wildman–Crippen MR) is 73.6 cm³/mol. The lowest BCUT2D eigenvalue weighted by Crippen LogP contribution is -2.59. The fourth-order valence-corrected chi connectivity index (χ4v) is 3.26. The first-order valence-corrected chi connectivity index (χ1v) is 8.20. The summed E-state index contributed by atoms with van der Waals surface area (Å²) in [5.41, 5.74) is 0. The number of nitrogens with zero attached hydrogens (tertiary/aromatic N) is 2. The molecule has 1 heterocycles. The second-order valence-electron chi connectivity index (χ2n) is 4.74. The molecule has 1 fully saturated rings. The average molecular weight is 304 g/mol. The third kappa shape index (κ3) is 4.31. The monoisotopic (exact) mass is 304 g/mol. The first kappa shape index (κ1) is 16.6. The lowest BCUT2D eigenvalue weighted by atomic mass is 10.1. The number of aliphatic carboxylic acids is 1. The second-order valence-corrected chi connectivity index (χ2v) is 6.68. The number of rotatable bonds is 7. The predicted octanol–water partition coefficient (Wildman–Crippen LogP) is -0.100. The van der Waals surface area contributed by atoms with Crippen molar-refractivity contribution < 1.29 is 23.1 Å². The van der Waals surface area contributed by atoms with Gasteiger partial charge in [0, 0.05) is 19.6 Å². The zero-order valence-electron chi connectivity index (χ0n) is 11.5. The van der Waals surface area contributed by atoms with Crippen molar-refractivity contribution in [2.24, 2.45) is 0 Å². The van der Waals surface area contributed by atoms with Crippen LogP contribution in [0, 0.1) is 0 Å². The van der Waals surface area contributed by atoms with Gasteiger partial charge in [-0.05, 0) is 12.8 Å². The standard InChI is InChI=1S/C12H20N2O5S/c1-3-4-5-6-13-7-8-14(20(2,18)19)10(12(13)17)9-11(15)16/h3,10H,1,4-9H2,2H3,(H,15,16). The Morgan fingerprint density at radius 2 is 2.15 bits per heavy atom. The maximum atomic E-state index is 12.2. The summed E-state index contributed by atoms with van der Waals surface area (Å²) in [6.07, 6.45) is 3.70. The minimum atomic E-state index is -3.60. The molecule has 1 N–H and O–H groups in total. The van der Waals surface area contributed by atoms with Crippen molar-refractivity contribution in [1.82, 2.24) is 9.21 Å². The van der Waals surface area contributed by atoms with Crippen LogP contribution in [0.15, 0.2) is 12.7 Å². The smallest absolute Gasteiger partial charge is 0.305 e. The van der Waals surface area contributed by atoms with E-state index in [1.54, 1.807) is 6.08 Å². The highest BCUT2D eigenvalue weighted by molar-refractivity contribution is 7.88. The number of carbonyl (C=O) groups is 2. The molecule has 1 aliphatic rings. The van der Waals surface area contributed by atoms with Crippen LogP contribution in [-0.4, -0.2) is 66.5 Å². The van der Waals surface area contributed by atoms with Crippen LogP contribution in [0.3, 0.4) is 0 Å². The lowest BCUT2D eigenvalue weighted by Gasteiger charge is -2.38. The van der Waals surface area contributed by atoms with Gasteiger partial charge in [0.05, 0.1) is 12.7 Å². The second kappa shape index (κ2) is 6.85. The number of piperazine rings is 1. The topological polar surface area (TPSA) is 95.0 Å². The first-order chi connectivity index (χ1) is 9.27. The number of hydrogen-bond donors (Lipinski definition) is 1. The van der Waals surface area contributed by atoms with Crippen molar-refractivity contribution in [3.8, 4) is 0 Å². The Kier molecular flexibility index (Phi) is 5.70. The van der Waals surface area contributed by atoms with Crippen LogP contribution in [0.1, 0.15) is 19.3 Å². The largest absolute Gasteiger partial charge is 0.481 e. The van der Waals surface area contributed by atoms with E-state index >= 15 is 0 Å². The summed E-state index contributed by atoms with van der Waals surface area (Å²) in [6, 6.07) is -1.14. The van der Waals surface area contributed by atoms with Crippen LogP contribution in [-0.2, 0) is 19.6 Å². The van der Waals surface area contributed by atoms with E-state index in [2.05, 4.69) is 6.58 Å². The molecule has 0 aromatic rings. The molecule has 20 heavy (non-hydrogen) atoms. The Bertz CT molecular complexity index is 488. The van der Waals surface area contributed by atoms with Gasteiger partial charge in [0.25, 0.3) is 0 Å². The molecule has 1 aliphatic heterocycles. The van der Waals surface area contributed by atoms with E-state index in [4.69, 9.17) is 5.11 Å². The molecule has 0 saturated carbocycles. The molecule has 1 atom stereocenters. The Hall–Kier alpha value is -1.41. The lowest BCUT2D eigenvalue weighted by molar-refractivity contribution is -0.146. The number of hydrogen-bond acceptors (Lipinski definition) is 4. The summed E-state index contributed by atoms with van der Waals surface area (Å²) in [5, 5.41) is 8.86. The zero-order chi connectivity index (χ0) is 15.3. The number of sulfonamides is 1. The molecular formula is C12H20N2O5S. The van der Waals surface area contributed by atoms with Crippen molar-refractivity contribution in [2.45, 2.75) is 25.3 Å². The molecule has 1 unspecified atom stereocenters. The fourth-order valence-electron chi connectivity index (χ4n) is 2.22. The Balaban J connectivity index is 2.85. The summed E-state index contributed by atoms with van der Waals surface area (Å²) >= 11 is 0. The SMILES string of the molecule is C=CCCCN1CCN(S(C)(=O)=O)C(CC(=O)O)C1=O. The van der Waals surface area contributed by atoms with Crippen LogP contribution in [0.5, 0.6) is 0 Å². The van der Waals surface area contributed by atoms with Crippen molar-refractivity contribution in [3.05, 3.63) is 12.7 Å². The minimum absolute atomic E-state index is 0.136. The average Bonchev–Trinajstić information content (AvgIpc) is 2.32. The first-order valence-electron chi connectivity index (χ1n) is 6.35. The van der Waals surface area contributed by atoms with Gasteiger partial charge in [0.1, 0.15) is 6.04 Å². The Morgan fingerprint density at radius 3 is 2.65 bits per heavy atom. The molecule has 0 bridgehead atoms. The molecule has 8 heteroatoms. The van der Waals surface area contributed by atoms with Gasteiger partial charge in [-0.15, -0.1) is 6.58 Å². The van der Waals surface area contributed by atoms with Gasteiger partial charge in [-0.25, -0.2) is 8.42 Å². The van der Waals surface area contributed by atoms with Crippen molar-refractivity contribution >= 4 is 21.9 Å². The van der Waals surface area contributed by atoms with E-state index in [-0.39, 0.29) is 6.54 Å². The van der Waals surface area contributed by atoms with E-state index in [1.807, 2.05) is 0 Å². The number of amides is 1. The minimum Gasteiger partial charge on any atom is -0.481 e. The van der Waals surface area contributed by atoms with E-state index in [9.17, 15) is 18.0 Å². The normalized spacial score (nSPS) is 20.9. The maximum Gasteiger partial charge on any atom is 0.305 e. The Morgan fingerprint density at radius 1 is 1.50 bits per heavy atom. The number of carbonyl (C=O) groups excluding carboxylic acids is 1. The van der Waals surface area contributed by atoms with Crippen molar-refractivity contribution in [3.63, 3.8) is 0 Å². The van der Waals surface area contributed by atoms with E-state index in [0.29, 0.717) is 13.1 Å². The number of allylic oxidation sites excluding steroid dienone is 1. The van der Waals surface area contributed by atoms with Crippen LogP contribution in [0.4, 0.5) is 0 Å². The van der Waals surface area contributed by atoms with Gasteiger partial charge in [-0.3, -0.25) is 9.59 Å². The van der Waals surface area contributed by atoms with Crippen molar-refractivity contribution in [1.29, 1.82) is 0 Å². The summed E-state index contributed by atoms with van der Waals surface area (Å²) in [5.74, 6) is -1.63. The van der Waals surface area contributed by atoms with Gasteiger partial charge in [-0.1, -0.05) is 6.08 Å². The number of carboxylic acid groups (broad SMARTS) is 1. The molecule has 0 spiro atoms. The van der Waals surface area contributed by atoms with Gasteiger partial charge in [0.15, 0.2) is 0 Å².